The fourth-order valence-electron chi connectivity index (χ4n) is 2.29. The van der Waals surface area contributed by atoms with Gasteiger partial charge in [0.1, 0.15) is 0 Å². The zero-order valence-electron chi connectivity index (χ0n) is 10.6. The average molecular weight is 268 g/mol. The van der Waals surface area contributed by atoms with Crippen LogP contribution in [0.1, 0.15) is 31.2 Å². The molecule has 1 fully saturated rings. The van der Waals surface area contributed by atoms with Crippen LogP contribution in [0.3, 0.4) is 0 Å². The Morgan fingerprint density at radius 2 is 1.78 bits per heavy atom. The van der Waals surface area contributed by atoms with Crippen molar-refractivity contribution in [3.8, 4) is 0 Å². The third kappa shape index (κ3) is 3.10. The Morgan fingerprint density at radius 1 is 1.17 bits per heavy atom. The molecule has 0 radical (unpaired) electrons. The van der Waals surface area contributed by atoms with E-state index in [0.29, 0.717) is 4.90 Å². The van der Waals surface area contributed by atoms with E-state index in [1.807, 2.05) is 6.92 Å². The van der Waals surface area contributed by atoms with Crippen molar-refractivity contribution < 1.29 is 8.42 Å². The van der Waals surface area contributed by atoms with Gasteiger partial charge in [0.25, 0.3) is 0 Å². The van der Waals surface area contributed by atoms with E-state index in [4.69, 9.17) is 5.73 Å². The number of nitrogens with two attached hydrogens (primary N) is 1. The fourth-order valence-corrected chi connectivity index (χ4v) is 3.61. The van der Waals surface area contributed by atoms with Crippen molar-refractivity contribution in [3.05, 3.63) is 29.8 Å². The third-order valence-electron chi connectivity index (χ3n) is 3.46. The second kappa shape index (κ2) is 5.38. The highest BCUT2D eigenvalue weighted by Crippen LogP contribution is 2.19. The molecule has 1 aliphatic rings. The summed E-state index contributed by atoms with van der Waals surface area (Å²) in [6, 6.07) is 6.66. The minimum absolute atomic E-state index is 0.0704. The maximum absolute atomic E-state index is 12.2. The number of hydrogen-bond acceptors (Lipinski definition) is 3. The number of aryl methyl sites for hydroxylation is 1. The molecule has 100 valence electrons. The van der Waals surface area contributed by atoms with Gasteiger partial charge in [0.2, 0.25) is 10.0 Å². The third-order valence-corrected chi connectivity index (χ3v) is 4.96. The van der Waals surface area contributed by atoms with Crippen molar-refractivity contribution in [2.75, 3.05) is 0 Å². The molecular formula is C13H20N2O2S. The van der Waals surface area contributed by atoms with Gasteiger partial charge in [-0.25, -0.2) is 13.1 Å². The Hall–Kier alpha value is -0.910. The van der Waals surface area contributed by atoms with E-state index in [-0.39, 0.29) is 12.1 Å². The summed E-state index contributed by atoms with van der Waals surface area (Å²) >= 11 is 0. The van der Waals surface area contributed by atoms with E-state index in [1.165, 1.54) is 0 Å². The first kappa shape index (κ1) is 13.5. The Bertz CT molecular complexity index is 496. The average Bonchev–Trinajstić information content (AvgIpc) is 2.32. The highest BCUT2D eigenvalue weighted by molar-refractivity contribution is 7.89. The molecule has 1 unspecified atom stereocenters. The van der Waals surface area contributed by atoms with E-state index in [0.717, 1.165) is 31.2 Å². The van der Waals surface area contributed by atoms with Gasteiger partial charge in [-0.2, -0.15) is 0 Å². The van der Waals surface area contributed by atoms with Crippen LogP contribution in [0, 0.1) is 6.92 Å². The summed E-state index contributed by atoms with van der Waals surface area (Å²) in [5.41, 5.74) is 7.01. The Morgan fingerprint density at radius 3 is 2.39 bits per heavy atom. The van der Waals surface area contributed by atoms with Gasteiger partial charge in [-0.15, -0.1) is 0 Å². The van der Waals surface area contributed by atoms with E-state index >= 15 is 0 Å². The summed E-state index contributed by atoms with van der Waals surface area (Å²) in [7, 11) is -3.44. The SMILES string of the molecule is Cc1ccc(S(=O)(=O)N[C@@H]2CCCCC2N)cc1. The van der Waals surface area contributed by atoms with Gasteiger partial charge >= 0.3 is 0 Å². The van der Waals surface area contributed by atoms with Gasteiger partial charge in [-0.1, -0.05) is 30.5 Å². The molecule has 0 spiro atoms. The van der Waals surface area contributed by atoms with Gasteiger partial charge in [0, 0.05) is 12.1 Å². The Balaban J connectivity index is 2.13. The van der Waals surface area contributed by atoms with E-state index in [1.54, 1.807) is 24.3 Å². The fraction of sp³-hybridized carbons (Fsp3) is 0.538. The lowest BCUT2D eigenvalue weighted by Crippen LogP contribution is -2.49. The number of nitrogens with one attached hydrogen (secondary N) is 1. The van der Waals surface area contributed by atoms with Crippen molar-refractivity contribution in [1.29, 1.82) is 0 Å². The molecule has 4 nitrogen and oxygen atoms in total. The molecule has 5 heteroatoms. The normalized spacial score (nSPS) is 25.0. The van der Waals surface area contributed by atoms with Crippen molar-refractivity contribution in [3.63, 3.8) is 0 Å². The molecule has 3 N–H and O–H groups in total. The number of sulfonamides is 1. The van der Waals surface area contributed by atoms with Crippen molar-refractivity contribution in [1.82, 2.24) is 4.72 Å². The second-order valence-electron chi connectivity index (χ2n) is 4.99. The topological polar surface area (TPSA) is 72.2 Å². The van der Waals surface area contributed by atoms with Crippen molar-refractivity contribution in [2.24, 2.45) is 5.73 Å². The molecule has 0 aromatic heterocycles. The number of benzene rings is 1. The molecular weight excluding hydrogens is 248 g/mol. The standard InChI is InChI=1S/C13H20N2O2S/c1-10-6-8-11(9-7-10)18(16,17)15-13-5-3-2-4-12(13)14/h6-9,12-13,15H,2-5,14H2,1H3/t12?,13-/m1/s1. The molecule has 1 aliphatic carbocycles. The summed E-state index contributed by atoms with van der Waals surface area (Å²) in [4.78, 5) is 0.311. The van der Waals surface area contributed by atoms with Crippen LogP contribution in [0.5, 0.6) is 0 Å². The van der Waals surface area contributed by atoms with Crippen LogP contribution in [0.25, 0.3) is 0 Å². The second-order valence-corrected chi connectivity index (χ2v) is 6.70. The predicted molar refractivity (Wildman–Crippen MR) is 71.7 cm³/mol. The summed E-state index contributed by atoms with van der Waals surface area (Å²) in [5.74, 6) is 0. The molecule has 0 saturated heterocycles. The largest absolute Gasteiger partial charge is 0.326 e. The van der Waals surface area contributed by atoms with Crippen LogP contribution < -0.4 is 10.5 Å². The first-order valence-electron chi connectivity index (χ1n) is 6.33. The van der Waals surface area contributed by atoms with Gasteiger partial charge < -0.3 is 5.73 Å². The van der Waals surface area contributed by atoms with Crippen LogP contribution in [-0.4, -0.2) is 20.5 Å². The number of hydrogen-bond donors (Lipinski definition) is 2. The molecule has 1 aromatic carbocycles. The maximum Gasteiger partial charge on any atom is 0.240 e. The molecule has 0 amide bonds. The zero-order chi connectivity index (χ0) is 13.2. The predicted octanol–water partition coefficient (Wildman–Crippen LogP) is 1.54. The molecule has 0 heterocycles. The molecule has 1 aromatic rings. The minimum atomic E-state index is -3.44. The van der Waals surface area contributed by atoms with Crippen LogP contribution in [0.4, 0.5) is 0 Å². The van der Waals surface area contributed by atoms with Crippen LogP contribution in [0.2, 0.25) is 0 Å². The Labute approximate surface area is 109 Å². The summed E-state index contributed by atoms with van der Waals surface area (Å²) in [6.45, 7) is 1.93. The highest BCUT2D eigenvalue weighted by Gasteiger charge is 2.26. The van der Waals surface area contributed by atoms with Gasteiger partial charge in [-0.3, -0.25) is 0 Å². The lowest BCUT2D eigenvalue weighted by atomic mass is 9.92. The lowest BCUT2D eigenvalue weighted by molar-refractivity contribution is 0.361. The van der Waals surface area contributed by atoms with Crippen LogP contribution >= 0.6 is 0 Å². The lowest BCUT2D eigenvalue weighted by Gasteiger charge is -2.29. The van der Waals surface area contributed by atoms with Gasteiger partial charge in [-0.05, 0) is 31.9 Å². The van der Waals surface area contributed by atoms with Gasteiger partial charge in [0.15, 0.2) is 0 Å². The number of rotatable bonds is 3. The minimum Gasteiger partial charge on any atom is -0.326 e. The molecule has 18 heavy (non-hydrogen) atoms. The molecule has 0 bridgehead atoms. The highest BCUT2D eigenvalue weighted by atomic mass is 32.2. The molecule has 1 saturated carbocycles. The Kier molecular flexibility index (Phi) is 4.04. The summed E-state index contributed by atoms with van der Waals surface area (Å²) in [6.07, 6.45) is 3.84. The summed E-state index contributed by atoms with van der Waals surface area (Å²) < 4.78 is 27.1. The monoisotopic (exact) mass is 268 g/mol. The molecule has 0 aliphatic heterocycles. The van der Waals surface area contributed by atoms with E-state index in [9.17, 15) is 8.42 Å². The van der Waals surface area contributed by atoms with E-state index in [2.05, 4.69) is 4.72 Å². The molecule has 2 rings (SSSR count). The van der Waals surface area contributed by atoms with E-state index < -0.39 is 10.0 Å². The summed E-state index contributed by atoms with van der Waals surface area (Å²) in [5, 5.41) is 0. The zero-order valence-corrected chi connectivity index (χ0v) is 11.4. The quantitative estimate of drug-likeness (QED) is 0.873. The van der Waals surface area contributed by atoms with Crippen molar-refractivity contribution in [2.45, 2.75) is 49.6 Å². The van der Waals surface area contributed by atoms with Crippen molar-refractivity contribution >= 4 is 10.0 Å². The maximum atomic E-state index is 12.2. The van der Waals surface area contributed by atoms with Crippen LogP contribution in [-0.2, 0) is 10.0 Å². The first-order chi connectivity index (χ1) is 8.49. The smallest absolute Gasteiger partial charge is 0.240 e. The molecule has 2 atom stereocenters. The first-order valence-corrected chi connectivity index (χ1v) is 7.82. The van der Waals surface area contributed by atoms with Gasteiger partial charge in [0.05, 0.1) is 4.90 Å². The van der Waals surface area contributed by atoms with Crippen LogP contribution in [0.15, 0.2) is 29.2 Å².